The van der Waals surface area contributed by atoms with Gasteiger partial charge in [-0.05, 0) is 64.0 Å². The highest BCUT2D eigenvalue weighted by Gasteiger charge is 2.35. The SMILES string of the molecule is O=C1c2cc(OCCN3CCCCC3)c([N+](=O)[O-])cc2-c2cc([N+](=O)[O-])c(OCCN3CCCCC3)cc21. The van der Waals surface area contributed by atoms with Crippen molar-refractivity contribution in [3.63, 3.8) is 0 Å². The number of ether oxygens (including phenoxy) is 2. The Labute approximate surface area is 220 Å². The van der Waals surface area contributed by atoms with Gasteiger partial charge in [0.05, 0.1) is 9.85 Å². The first-order valence-electron chi connectivity index (χ1n) is 13.3. The molecule has 2 heterocycles. The van der Waals surface area contributed by atoms with Crippen molar-refractivity contribution in [3.05, 3.63) is 55.6 Å². The van der Waals surface area contributed by atoms with Gasteiger partial charge in [-0.25, -0.2) is 0 Å². The first-order valence-corrected chi connectivity index (χ1v) is 13.3. The molecule has 11 heteroatoms. The molecule has 0 aromatic heterocycles. The van der Waals surface area contributed by atoms with Crippen molar-refractivity contribution in [2.75, 3.05) is 52.5 Å². The van der Waals surface area contributed by atoms with Crippen molar-refractivity contribution in [2.45, 2.75) is 38.5 Å². The monoisotopic (exact) mass is 524 g/mol. The molecule has 2 saturated heterocycles. The highest BCUT2D eigenvalue weighted by Crippen LogP contribution is 2.46. The second kappa shape index (κ2) is 11.4. The molecule has 0 bridgehead atoms. The molecule has 0 radical (unpaired) electrons. The number of fused-ring (bicyclic) bond motifs is 3. The minimum absolute atomic E-state index is 0.0272. The second-order valence-corrected chi connectivity index (χ2v) is 10.1. The summed E-state index contributed by atoms with van der Waals surface area (Å²) < 4.78 is 11.6. The number of carbonyl (C=O) groups excluding carboxylic acids is 1. The van der Waals surface area contributed by atoms with Crippen molar-refractivity contribution in [1.82, 2.24) is 9.80 Å². The third kappa shape index (κ3) is 5.48. The minimum Gasteiger partial charge on any atom is -0.485 e. The van der Waals surface area contributed by atoms with E-state index in [-0.39, 0.29) is 53.0 Å². The number of nitrogens with zero attached hydrogens (tertiary/aromatic N) is 4. The van der Waals surface area contributed by atoms with Gasteiger partial charge in [0.15, 0.2) is 17.3 Å². The summed E-state index contributed by atoms with van der Waals surface area (Å²) in [6.07, 6.45) is 6.92. The van der Waals surface area contributed by atoms with Crippen LogP contribution in [0.5, 0.6) is 11.5 Å². The number of nitro benzene ring substituents is 2. The number of benzene rings is 2. The molecule has 11 nitrogen and oxygen atoms in total. The van der Waals surface area contributed by atoms with E-state index in [1.807, 2.05) is 0 Å². The fourth-order valence-corrected chi connectivity index (χ4v) is 5.56. The van der Waals surface area contributed by atoms with E-state index < -0.39 is 9.85 Å². The Balaban J connectivity index is 1.38. The average Bonchev–Trinajstić information content (AvgIpc) is 3.19. The standard InChI is InChI=1S/C27H32N4O7/c32-27-21-17-25(37-13-11-28-7-3-1-4-8-28)23(30(33)34)15-19(21)20-16-24(31(35)36)26(18-22(20)27)38-14-12-29-9-5-2-6-10-29/h15-18H,1-14H2. The summed E-state index contributed by atoms with van der Waals surface area (Å²) in [4.78, 5) is 40.5. The molecule has 1 aliphatic carbocycles. The molecule has 202 valence electrons. The third-order valence-corrected chi connectivity index (χ3v) is 7.60. The van der Waals surface area contributed by atoms with Gasteiger partial charge in [0.1, 0.15) is 13.2 Å². The summed E-state index contributed by atoms with van der Waals surface area (Å²) in [5, 5.41) is 23.7. The molecule has 0 spiro atoms. The van der Waals surface area contributed by atoms with Crippen LogP contribution in [0.2, 0.25) is 0 Å². The molecule has 0 unspecified atom stereocenters. The van der Waals surface area contributed by atoms with Gasteiger partial charge in [0.25, 0.3) is 0 Å². The Morgan fingerprint density at radius 2 is 1.03 bits per heavy atom. The second-order valence-electron chi connectivity index (χ2n) is 10.1. The Bertz CT molecular complexity index is 1140. The van der Waals surface area contributed by atoms with E-state index in [9.17, 15) is 25.0 Å². The first-order chi connectivity index (χ1) is 18.4. The van der Waals surface area contributed by atoms with Crippen LogP contribution in [-0.2, 0) is 0 Å². The van der Waals surface area contributed by atoms with E-state index in [1.54, 1.807) is 0 Å². The zero-order valence-electron chi connectivity index (χ0n) is 21.4. The minimum atomic E-state index is -0.550. The number of hydrogen-bond acceptors (Lipinski definition) is 9. The summed E-state index contributed by atoms with van der Waals surface area (Å²) in [7, 11) is 0. The number of rotatable bonds is 10. The molecule has 5 rings (SSSR count). The van der Waals surface area contributed by atoms with Crippen LogP contribution in [0, 0.1) is 20.2 Å². The number of likely N-dealkylation sites (tertiary alicyclic amines) is 2. The molecule has 2 fully saturated rings. The predicted octanol–water partition coefficient (Wildman–Crippen LogP) is 4.44. The number of ketones is 1. The fourth-order valence-electron chi connectivity index (χ4n) is 5.56. The molecular weight excluding hydrogens is 492 g/mol. The smallest absolute Gasteiger partial charge is 0.311 e. The van der Waals surface area contributed by atoms with Gasteiger partial charge in [0, 0.05) is 47.5 Å². The Kier molecular flexibility index (Phi) is 7.85. The van der Waals surface area contributed by atoms with E-state index >= 15 is 0 Å². The highest BCUT2D eigenvalue weighted by molar-refractivity contribution is 6.22. The lowest BCUT2D eigenvalue weighted by Gasteiger charge is -2.26. The molecule has 0 amide bonds. The topological polar surface area (TPSA) is 128 Å². The summed E-state index contributed by atoms with van der Waals surface area (Å²) in [6.45, 7) is 5.73. The lowest BCUT2D eigenvalue weighted by atomic mass is 10.0. The van der Waals surface area contributed by atoms with Crippen LogP contribution in [0.4, 0.5) is 11.4 Å². The molecule has 3 aliphatic rings. The summed E-state index contributed by atoms with van der Waals surface area (Å²) in [6, 6.07) is 5.37. The molecule has 2 aromatic carbocycles. The van der Waals surface area contributed by atoms with Crippen molar-refractivity contribution in [2.24, 2.45) is 0 Å². The van der Waals surface area contributed by atoms with Crippen molar-refractivity contribution >= 4 is 17.2 Å². The van der Waals surface area contributed by atoms with E-state index in [0.29, 0.717) is 24.2 Å². The quantitative estimate of drug-likeness (QED) is 0.279. The van der Waals surface area contributed by atoms with Gasteiger partial charge in [-0.15, -0.1) is 0 Å². The van der Waals surface area contributed by atoms with Crippen LogP contribution in [-0.4, -0.2) is 77.9 Å². The van der Waals surface area contributed by atoms with Crippen molar-refractivity contribution < 1.29 is 24.1 Å². The largest absolute Gasteiger partial charge is 0.485 e. The number of carbonyl (C=O) groups is 1. The maximum absolute atomic E-state index is 13.3. The molecule has 0 atom stereocenters. The fraction of sp³-hybridized carbons (Fsp3) is 0.519. The zero-order chi connectivity index (χ0) is 26.6. The zero-order valence-corrected chi connectivity index (χ0v) is 21.4. The summed E-state index contributed by atoms with van der Waals surface area (Å²) in [5.41, 5.74) is 0.517. The van der Waals surface area contributed by atoms with Gasteiger partial charge in [0.2, 0.25) is 0 Å². The Morgan fingerprint density at radius 3 is 1.39 bits per heavy atom. The van der Waals surface area contributed by atoms with E-state index in [2.05, 4.69) is 9.80 Å². The maximum Gasteiger partial charge on any atom is 0.311 e. The van der Waals surface area contributed by atoms with Crippen LogP contribution in [0.1, 0.15) is 54.4 Å². The van der Waals surface area contributed by atoms with Gasteiger partial charge in [-0.1, -0.05) is 12.8 Å². The molecule has 38 heavy (non-hydrogen) atoms. The van der Waals surface area contributed by atoms with E-state index in [4.69, 9.17) is 9.47 Å². The van der Waals surface area contributed by atoms with Crippen molar-refractivity contribution in [3.8, 4) is 22.6 Å². The predicted molar refractivity (Wildman–Crippen MR) is 140 cm³/mol. The normalized spacial score (nSPS) is 17.6. The summed E-state index contributed by atoms with van der Waals surface area (Å²) in [5.74, 6) is -0.305. The molecule has 0 N–H and O–H groups in total. The Morgan fingerprint density at radius 1 is 0.632 bits per heavy atom. The van der Waals surface area contributed by atoms with Gasteiger partial charge < -0.3 is 9.47 Å². The molecule has 2 aromatic rings. The highest BCUT2D eigenvalue weighted by atomic mass is 16.6. The van der Waals surface area contributed by atoms with Gasteiger partial charge in [-0.2, -0.15) is 0 Å². The van der Waals surface area contributed by atoms with Crippen LogP contribution in [0.25, 0.3) is 11.1 Å². The lowest BCUT2D eigenvalue weighted by Crippen LogP contribution is -2.33. The molecular formula is C27H32N4O7. The lowest BCUT2D eigenvalue weighted by molar-refractivity contribution is -0.386. The van der Waals surface area contributed by atoms with Crippen LogP contribution in [0.3, 0.4) is 0 Å². The van der Waals surface area contributed by atoms with Gasteiger partial charge >= 0.3 is 11.4 Å². The van der Waals surface area contributed by atoms with E-state index in [1.165, 1.54) is 37.1 Å². The van der Waals surface area contributed by atoms with Crippen LogP contribution in [0.15, 0.2) is 24.3 Å². The van der Waals surface area contributed by atoms with Crippen LogP contribution < -0.4 is 9.47 Å². The molecule has 2 aliphatic heterocycles. The van der Waals surface area contributed by atoms with Gasteiger partial charge in [-0.3, -0.25) is 34.8 Å². The van der Waals surface area contributed by atoms with E-state index in [0.717, 1.165) is 51.9 Å². The van der Waals surface area contributed by atoms with Crippen LogP contribution >= 0.6 is 0 Å². The average molecular weight is 525 g/mol. The number of nitro groups is 2. The number of hydrogen-bond donors (Lipinski definition) is 0. The first kappa shape index (κ1) is 26.1. The third-order valence-electron chi connectivity index (χ3n) is 7.60. The Hall–Kier alpha value is -3.57. The number of piperidine rings is 2. The molecule has 0 saturated carbocycles. The summed E-state index contributed by atoms with van der Waals surface area (Å²) >= 11 is 0. The maximum atomic E-state index is 13.3. The van der Waals surface area contributed by atoms with Crippen molar-refractivity contribution in [1.29, 1.82) is 0 Å².